The van der Waals surface area contributed by atoms with Gasteiger partial charge in [0.15, 0.2) is 0 Å². The molecule has 2 rings (SSSR count). The van der Waals surface area contributed by atoms with Gasteiger partial charge in [0.05, 0.1) is 21.8 Å². The number of halogens is 2. The number of benzene rings is 1. The molecule has 4 nitrogen and oxygen atoms in total. The summed E-state index contributed by atoms with van der Waals surface area (Å²) >= 11 is 12.4. The Hall–Kier alpha value is -0.970. The lowest BCUT2D eigenvalue weighted by Gasteiger charge is -2.20. The highest BCUT2D eigenvalue weighted by atomic mass is 35.5. The molecule has 0 radical (unpaired) electrons. The van der Waals surface area contributed by atoms with Gasteiger partial charge in [0.2, 0.25) is 5.96 Å². The summed E-state index contributed by atoms with van der Waals surface area (Å²) in [7, 11) is 0. The van der Waals surface area contributed by atoms with Crippen LogP contribution in [0.15, 0.2) is 17.1 Å². The van der Waals surface area contributed by atoms with E-state index in [9.17, 15) is 0 Å². The van der Waals surface area contributed by atoms with Crippen LogP contribution in [-0.4, -0.2) is 12.0 Å². The second-order valence-electron chi connectivity index (χ2n) is 5.09. The van der Waals surface area contributed by atoms with Gasteiger partial charge in [-0.1, -0.05) is 48.5 Å². The van der Waals surface area contributed by atoms with Gasteiger partial charge < -0.3 is 5.32 Å². The van der Waals surface area contributed by atoms with Gasteiger partial charge in [-0.3, -0.25) is 5.43 Å². The van der Waals surface area contributed by atoms with E-state index >= 15 is 0 Å². The van der Waals surface area contributed by atoms with Crippen molar-refractivity contribution in [3.63, 3.8) is 0 Å². The number of aliphatic imine (C=N–C) groups is 1. The van der Waals surface area contributed by atoms with Gasteiger partial charge in [0, 0.05) is 0 Å². The molecule has 1 fully saturated rings. The molecule has 4 N–H and O–H groups in total. The first kappa shape index (κ1) is 15.4. The van der Waals surface area contributed by atoms with Gasteiger partial charge in [-0.25, -0.2) is 10.8 Å². The molecule has 0 atom stereocenters. The summed E-state index contributed by atoms with van der Waals surface area (Å²) < 4.78 is 0. The summed E-state index contributed by atoms with van der Waals surface area (Å²) in [4.78, 5) is 4.61. The molecule has 0 aliphatic heterocycles. The van der Waals surface area contributed by atoms with E-state index in [1.807, 2.05) is 13.0 Å². The van der Waals surface area contributed by atoms with E-state index in [0.29, 0.717) is 27.7 Å². The van der Waals surface area contributed by atoms with Crippen LogP contribution in [0.2, 0.25) is 10.0 Å². The Bertz CT molecular complexity index is 496. The fourth-order valence-electron chi connectivity index (χ4n) is 2.39. The molecule has 0 heterocycles. The Balaban J connectivity index is 2.17. The molecule has 0 spiro atoms. The first-order chi connectivity index (χ1) is 9.61. The first-order valence-corrected chi connectivity index (χ1v) is 7.63. The molecule has 6 heteroatoms. The highest BCUT2D eigenvalue weighted by Gasteiger charge is 2.15. The lowest BCUT2D eigenvalue weighted by Crippen LogP contribution is -2.37. The van der Waals surface area contributed by atoms with Crippen molar-refractivity contribution in [2.45, 2.75) is 45.1 Å². The zero-order valence-corrected chi connectivity index (χ0v) is 13.1. The number of nitrogens with zero attached hydrogens (tertiary/aromatic N) is 1. The molecular formula is C14H20Cl2N4. The minimum atomic E-state index is 0.310. The van der Waals surface area contributed by atoms with E-state index in [4.69, 9.17) is 29.0 Å². The van der Waals surface area contributed by atoms with E-state index < -0.39 is 0 Å². The Labute approximate surface area is 129 Å². The molecular weight excluding hydrogens is 295 g/mol. The smallest absolute Gasteiger partial charge is 0.210 e. The molecule has 0 unspecified atom stereocenters. The average molecular weight is 315 g/mol. The third-order valence-corrected chi connectivity index (χ3v) is 4.35. The van der Waals surface area contributed by atoms with Gasteiger partial charge >= 0.3 is 0 Å². The molecule has 0 aromatic heterocycles. The summed E-state index contributed by atoms with van der Waals surface area (Å²) in [6.45, 7) is 1.93. The molecule has 1 saturated carbocycles. The molecule has 1 aliphatic rings. The Morgan fingerprint density at radius 1 is 1.25 bits per heavy atom. The predicted octanol–water partition coefficient (Wildman–Crippen LogP) is 3.87. The van der Waals surface area contributed by atoms with Crippen LogP contribution in [0.3, 0.4) is 0 Å². The molecule has 1 aliphatic carbocycles. The summed E-state index contributed by atoms with van der Waals surface area (Å²) in [6, 6.07) is 3.99. The minimum absolute atomic E-state index is 0.310. The Morgan fingerprint density at radius 3 is 2.60 bits per heavy atom. The quantitative estimate of drug-likeness (QED) is 0.336. The van der Waals surface area contributed by atoms with E-state index in [1.54, 1.807) is 6.07 Å². The van der Waals surface area contributed by atoms with Crippen molar-refractivity contribution < 1.29 is 0 Å². The van der Waals surface area contributed by atoms with Gasteiger partial charge in [0.25, 0.3) is 0 Å². The molecule has 1 aromatic carbocycles. The van der Waals surface area contributed by atoms with Crippen LogP contribution < -0.4 is 16.6 Å². The number of rotatable bonds is 2. The summed E-state index contributed by atoms with van der Waals surface area (Å²) in [5, 5.41) is 4.24. The SMILES string of the molecule is Cc1ccc(Cl)c(NC(=NC2CCCCC2)NN)c1Cl. The fourth-order valence-corrected chi connectivity index (χ4v) is 2.85. The lowest BCUT2D eigenvalue weighted by molar-refractivity contribution is 0.442. The number of aryl methyl sites for hydroxylation is 1. The number of hydrazine groups is 1. The van der Waals surface area contributed by atoms with Gasteiger partial charge in [-0.05, 0) is 31.4 Å². The second kappa shape index (κ2) is 7.16. The van der Waals surface area contributed by atoms with Crippen LogP contribution in [0.5, 0.6) is 0 Å². The maximum Gasteiger partial charge on any atom is 0.210 e. The van der Waals surface area contributed by atoms with Gasteiger partial charge in [0.1, 0.15) is 0 Å². The maximum absolute atomic E-state index is 6.27. The fraction of sp³-hybridized carbons (Fsp3) is 0.500. The summed E-state index contributed by atoms with van der Waals surface area (Å²) in [6.07, 6.45) is 5.93. The number of nitrogens with two attached hydrogens (primary N) is 1. The molecule has 0 bridgehead atoms. The van der Waals surface area contributed by atoms with Crippen LogP contribution in [0.25, 0.3) is 0 Å². The molecule has 0 amide bonds. The summed E-state index contributed by atoms with van der Waals surface area (Å²) in [5.74, 6) is 6.05. The van der Waals surface area contributed by atoms with Crippen molar-refractivity contribution in [3.8, 4) is 0 Å². The Kier molecular flexibility index (Phi) is 5.52. The third kappa shape index (κ3) is 3.78. The standard InChI is InChI=1S/C14H20Cl2N4/c1-9-7-8-11(15)13(12(9)16)19-14(20-17)18-10-5-3-2-4-6-10/h7-8,10H,2-6,17H2,1H3,(H2,18,19,20). The zero-order valence-electron chi connectivity index (χ0n) is 11.5. The van der Waals surface area contributed by atoms with Crippen molar-refractivity contribution in [2.24, 2.45) is 10.8 Å². The normalized spacial score (nSPS) is 17.1. The maximum atomic E-state index is 6.27. The van der Waals surface area contributed by atoms with Crippen molar-refractivity contribution in [1.29, 1.82) is 0 Å². The van der Waals surface area contributed by atoms with Crippen LogP contribution in [0.1, 0.15) is 37.7 Å². The van der Waals surface area contributed by atoms with Crippen molar-refractivity contribution in [2.75, 3.05) is 5.32 Å². The third-order valence-electron chi connectivity index (χ3n) is 3.55. The van der Waals surface area contributed by atoms with Crippen LogP contribution in [0, 0.1) is 6.92 Å². The van der Waals surface area contributed by atoms with Crippen LogP contribution >= 0.6 is 23.2 Å². The Morgan fingerprint density at radius 2 is 1.95 bits per heavy atom. The number of anilines is 1. The molecule has 110 valence electrons. The highest BCUT2D eigenvalue weighted by molar-refractivity contribution is 6.40. The highest BCUT2D eigenvalue weighted by Crippen LogP contribution is 2.32. The van der Waals surface area contributed by atoms with Crippen molar-refractivity contribution in [1.82, 2.24) is 5.43 Å². The number of nitrogens with one attached hydrogen (secondary N) is 2. The number of guanidine groups is 1. The molecule has 0 saturated heterocycles. The largest absolute Gasteiger partial charge is 0.323 e. The van der Waals surface area contributed by atoms with Gasteiger partial charge in [-0.2, -0.15) is 0 Å². The minimum Gasteiger partial charge on any atom is -0.323 e. The van der Waals surface area contributed by atoms with Crippen molar-refractivity contribution in [3.05, 3.63) is 27.7 Å². The van der Waals surface area contributed by atoms with Crippen LogP contribution in [0.4, 0.5) is 5.69 Å². The molecule has 20 heavy (non-hydrogen) atoms. The van der Waals surface area contributed by atoms with Gasteiger partial charge in [-0.15, -0.1) is 0 Å². The second-order valence-corrected chi connectivity index (χ2v) is 5.88. The first-order valence-electron chi connectivity index (χ1n) is 6.88. The summed E-state index contributed by atoms with van der Waals surface area (Å²) in [5.41, 5.74) is 4.18. The van der Waals surface area contributed by atoms with E-state index in [2.05, 4.69) is 15.7 Å². The van der Waals surface area contributed by atoms with Crippen molar-refractivity contribution >= 4 is 34.8 Å². The monoisotopic (exact) mass is 314 g/mol. The predicted molar refractivity (Wildman–Crippen MR) is 86.5 cm³/mol. The van der Waals surface area contributed by atoms with E-state index in [-0.39, 0.29) is 0 Å². The van der Waals surface area contributed by atoms with Crippen LogP contribution in [-0.2, 0) is 0 Å². The van der Waals surface area contributed by atoms with E-state index in [0.717, 1.165) is 18.4 Å². The zero-order chi connectivity index (χ0) is 14.5. The topological polar surface area (TPSA) is 62.4 Å². The number of hydrogen-bond acceptors (Lipinski definition) is 2. The number of hydrogen-bond donors (Lipinski definition) is 3. The van der Waals surface area contributed by atoms with E-state index in [1.165, 1.54) is 19.3 Å². The average Bonchev–Trinajstić information content (AvgIpc) is 2.47. The molecule has 1 aromatic rings. The lowest BCUT2D eigenvalue weighted by atomic mass is 9.96.